The number of rotatable bonds is 6. The third kappa shape index (κ3) is 4.50. The fraction of sp³-hybridized carbons (Fsp3) is 0.308. The highest BCUT2D eigenvalue weighted by Crippen LogP contribution is 2.26. The molecule has 0 radical (unpaired) electrons. The summed E-state index contributed by atoms with van der Waals surface area (Å²) in [5.74, 6) is 0. The number of aromatic nitrogens is 1. The molecule has 5 nitrogen and oxygen atoms in total. The topological polar surface area (TPSA) is 71.1 Å². The molecule has 21 heavy (non-hydrogen) atoms. The van der Waals surface area contributed by atoms with Crippen LogP contribution in [0.1, 0.15) is 19.4 Å². The second-order valence-corrected chi connectivity index (χ2v) is 8.14. The van der Waals surface area contributed by atoms with E-state index >= 15 is 0 Å². The highest BCUT2D eigenvalue weighted by molar-refractivity contribution is 9.10. The Labute approximate surface area is 137 Å². The van der Waals surface area contributed by atoms with Gasteiger partial charge in [-0.2, -0.15) is 0 Å². The van der Waals surface area contributed by atoms with Crippen molar-refractivity contribution < 1.29 is 8.42 Å². The molecule has 0 fully saturated rings. The second-order valence-electron chi connectivity index (χ2n) is 4.74. The summed E-state index contributed by atoms with van der Waals surface area (Å²) in [4.78, 5) is 4.15. The average Bonchev–Trinajstić information content (AvgIpc) is 2.89. The molecule has 0 atom stereocenters. The van der Waals surface area contributed by atoms with Gasteiger partial charge in [0.05, 0.1) is 0 Å². The molecular formula is C13H16BrN3O2S2. The molecule has 0 aliphatic heterocycles. The molecule has 0 amide bonds. The third-order valence-electron chi connectivity index (χ3n) is 2.65. The van der Waals surface area contributed by atoms with Crippen molar-refractivity contribution in [2.75, 3.05) is 4.72 Å². The van der Waals surface area contributed by atoms with Gasteiger partial charge in [-0.25, -0.2) is 13.4 Å². The molecule has 0 spiro atoms. The molecule has 0 bridgehead atoms. The molecule has 0 saturated carbocycles. The lowest BCUT2D eigenvalue weighted by Crippen LogP contribution is -2.22. The lowest BCUT2D eigenvalue weighted by atomic mass is 10.2. The van der Waals surface area contributed by atoms with E-state index in [0.29, 0.717) is 22.2 Å². The highest BCUT2D eigenvalue weighted by atomic mass is 79.9. The van der Waals surface area contributed by atoms with Gasteiger partial charge in [-0.15, -0.1) is 11.3 Å². The Morgan fingerprint density at radius 3 is 2.76 bits per heavy atom. The van der Waals surface area contributed by atoms with Crippen LogP contribution in [0.5, 0.6) is 0 Å². The summed E-state index contributed by atoms with van der Waals surface area (Å²) in [6.45, 7) is 4.70. The van der Waals surface area contributed by atoms with Crippen LogP contribution >= 0.6 is 27.3 Å². The largest absolute Gasteiger partial charge is 0.310 e. The van der Waals surface area contributed by atoms with Crippen molar-refractivity contribution in [2.24, 2.45) is 0 Å². The predicted molar refractivity (Wildman–Crippen MR) is 89.0 cm³/mol. The van der Waals surface area contributed by atoms with Gasteiger partial charge in [-0.1, -0.05) is 19.9 Å². The molecule has 1 aromatic carbocycles. The Morgan fingerprint density at radius 2 is 2.14 bits per heavy atom. The zero-order valence-electron chi connectivity index (χ0n) is 11.6. The first-order valence-electron chi connectivity index (χ1n) is 6.32. The Hall–Kier alpha value is -0.960. The molecule has 2 N–H and O–H groups in total. The van der Waals surface area contributed by atoms with E-state index in [1.54, 1.807) is 23.7 Å². The van der Waals surface area contributed by atoms with Gasteiger partial charge in [-0.05, 0) is 33.6 Å². The summed E-state index contributed by atoms with van der Waals surface area (Å²) in [5, 5.41) is 5.34. The van der Waals surface area contributed by atoms with Gasteiger partial charge in [-0.3, -0.25) is 4.72 Å². The van der Waals surface area contributed by atoms with Crippen LogP contribution in [-0.2, 0) is 16.6 Å². The first kappa shape index (κ1) is 16.4. The molecule has 1 heterocycles. The van der Waals surface area contributed by atoms with Gasteiger partial charge in [0.15, 0.2) is 5.13 Å². The lowest BCUT2D eigenvalue weighted by Gasteiger charge is -2.11. The number of thiazole rings is 1. The minimum absolute atomic E-state index is 0.209. The lowest BCUT2D eigenvalue weighted by molar-refractivity contribution is 0.586. The smallest absolute Gasteiger partial charge is 0.264 e. The van der Waals surface area contributed by atoms with E-state index in [-0.39, 0.29) is 4.90 Å². The van der Waals surface area contributed by atoms with Crippen molar-refractivity contribution in [3.63, 3.8) is 0 Å². The molecule has 8 heteroatoms. The number of anilines is 1. The van der Waals surface area contributed by atoms with Crippen LogP contribution in [0.2, 0.25) is 0 Å². The molecule has 0 saturated heterocycles. The fourth-order valence-electron chi connectivity index (χ4n) is 1.63. The van der Waals surface area contributed by atoms with E-state index in [0.717, 1.165) is 5.56 Å². The summed E-state index contributed by atoms with van der Waals surface area (Å²) in [7, 11) is -3.65. The molecule has 2 rings (SSSR count). The van der Waals surface area contributed by atoms with Gasteiger partial charge >= 0.3 is 0 Å². The highest BCUT2D eigenvalue weighted by Gasteiger charge is 2.19. The van der Waals surface area contributed by atoms with Crippen molar-refractivity contribution >= 4 is 42.4 Å². The van der Waals surface area contributed by atoms with E-state index in [9.17, 15) is 8.42 Å². The number of benzene rings is 1. The third-order valence-corrected chi connectivity index (χ3v) is 5.80. The van der Waals surface area contributed by atoms with Crippen LogP contribution in [0.4, 0.5) is 5.13 Å². The van der Waals surface area contributed by atoms with Crippen LogP contribution in [0.25, 0.3) is 0 Å². The van der Waals surface area contributed by atoms with E-state index in [1.165, 1.54) is 11.3 Å². The first-order chi connectivity index (χ1) is 9.88. The number of nitrogens with zero attached hydrogens (tertiary/aromatic N) is 1. The van der Waals surface area contributed by atoms with Gasteiger partial charge in [0.1, 0.15) is 4.90 Å². The van der Waals surface area contributed by atoms with Crippen LogP contribution in [0, 0.1) is 0 Å². The Morgan fingerprint density at radius 1 is 1.38 bits per heavy atom. The zero-order valence-corrected chi connectivity index (χ0v) is 14.8. The van der Waals surface area contributed by atoms with E-state index in [1.807, 2.05) is 19.9 Å². The number of nitrogens with one attached hydrogen (secondary N) is 2. The first-order valence-corrected chi connectivity index (χ1v) is 9.48. The monoisotopic (exact) mass is 389 g/mol. The number of sulfonamides is 1. The summed E-state index contributed by atoms with van der Waals surface area (Å²) in [6, 6.07) is 5.63. The summed E-state index contributed by atoms with van der Waals surface area (Å²) >= 11 is 4.53. The van der Waals surface area contributed by atoms with Crippen molar-refractivity contribution in [2.45, 2.75) is 31.3 Å². The number of hydrogen-bond donors (Lipinski definition) is 2. The molecule has 0 aliphatic rings. The van der Waals surface area contributed by atoms with Crippen LogP contribution in [-0.4, -0.2) is 19.4 Å². The Kier molecular flexibility index (Phi) is 5.37. The molecule has 114 valence electrons. The summed E-state index contributed by atoms with van der Waals surface area (Å²) in [5.41, 5.74) is 0.909. The Bertz CT molecular complexity index is 700. The van der Waals surface area contributed by atoms with Gasteiger partial charge in [0.2, 0.25) is 0 Å². The van der Waals surface area contributed by atoms with Crippen molar-refractivity contribution in [3.05, 3.63) is 39.8 Å². The minimum Gasteiger partial charge on any atom is -0.310 e. The van der Waals surface area contributed by atoms with Crippen LogP contribution in [0.15, 0.2) is 39.1 Å². The molecule has 1 aromatic heterocycles. The predicted octanol–water partition coefficient (Wildman–Crippen LogP) is 3.20. The second kappa shape index (κ2) is 6.87. The van der Waals surface area contributed by atoms with E-state index < -0.39 is 10.0 Å². The van der Waals surface area contributed by atoms with Gasteiger partial charge < -0.3 is 5.32 Å². The molecule has 0 unspecified atom stereocenters. The maximum atomic E-state index is 12.4. The standard InChI is InChI=1S/C13H16BrN3O2S2/c1-9(2)16-8-10-3-4-11(14)12(7-10)21(18,19)17-13-15-5-6-20-13/h3-7,9,16H,8H2,1-2H3,(H,15,17). The molecule has 0 aliphatic carbocycles. The maximum absolute atomic E-state index is 12.4. The van der Waals surface area contributed by atoms with E-state index in [4.69, 9.17) is 0 Å². The molecular weight excluding hydrogens is 374 g/mol. The maximum Gasteiger partial charge on any atom is 0.264 e. The summed E-state index contributed by atoms with van der Waals surface area (Å²) < 4.78 is 27.8. The average molecular weight is 390 g/mol. The number of hydrogen-bond acceptors (Lipinski definition) is 5. The Balaban J connectivity index is 2.27. The zero-order chi connectivity index (χ0) is 15.5. The van der Waals surface area contributed by atoms with Crippen LogP contribution in [0.3, 0.4) is 0 Å². The molecule has 2 aromatic rings. The SMILES string of the molecule is CC(C)NCc1ccc(Br)c(S(=O)(=O)Nc2nccs2)c1. The quantitative estimate of drug-likeness (QED) is 0.795. The van der Waals surface area contributed by atoms with Gasteiger partial charge in [0.25, 0.3) is 10.0 Å². The van der Waals surface area contributed by atoms with Crippen molar-refractivity contribution in [1.29, 1.82) is 0 Å². The van der Waals surface area contributed by atoms with Crippen LogP contribution < -0.4 is 10.0 Å². The van der Waals surface area contributed by atoms with Crippen molar-refractivity contribution in [3.8, 4) is 0 Å². The fourth-order valence-corrected chi connectivity index (χ4v) is 4.43. The van der Waals surface area contributed by atoms with Gasteiger partial charge in [0, 0.05) is 28.6 Å². The number of halogens is 1. The normalized spacial score (nSPS) is 11.8. The summed E-state index contributed by atoms with van der Waals surface area (Å²) in [6.07, 6.45) is 1.56. The minimum atomic E-state index is -3.65. The van der Waals surface area contributed by atoms with Crippen molar-refractivity contribution in [1.82, 2.24) is 10.3 Å². The van der Waals surface area contributed by atoms with E-state index in [2.05, 4.69) is 31.0 Å².